The molecule has 0 aliphatic carbocycles. The van der Waals surface area contributed by atoms with E-state index in [1.54, 1.807) is 0 Å². The van der Waals surface area contributed by atoms with Crippen molar-refractivity contribution >= 4 is 11.4 Å². The van der Waals surface area contributed by atoms with Gasteiger partial charge >= 0.3 is 0 Å². The van der Waals surface area contributed by atoms with Crippen LogP contribution in [0.15, 0.2) is 18.2 Å². The highest BCUT2D eigenvalue weighted by atomic mass is 16.5. The van der Waals surface area contributed by atoms with Gasteiger partial charge in [0.2, 0.25) is 0 Å². The summed E-state index contributed by atoms with van der Waals surface area (Å²) in [5, 5.41) is 3.41. The quantitative estimate of drug-likeness (QED) is 0.788. The molecule has 1 atom stereocenters. The van der Waals surface area contributed by atoms with Gasteiger partial charge in [-0.05, 0) is 32.4 Å². The van der Waals surface area contributed by atoms with Gasteiger partial charge in [-0.1, -0.05) is 0 Å². The molecule has 1 saturated heterocycles. The van der Waals surface area contributed by atoms with Gasteiger partial charge in [-0.25, -0.2) is 0 Å². The van der Waals surface area contributed by atoms with Crippen LogP contribution >= 0.6 is 0 Å². The maximum Gasteiger partial charge on any atom is 0.144 e. The van der Waals surface area contributed by atoms with Gasteiger partial charge in [0.05, 0.1) is 18.4 Å². The molecule has 4 heteroatoms. The van der Waals surface area contributed by atoms with E-state index in [1.807, 2.05) is 32.0 Å². The summed E-state index contributed by atoms with van der Waals surface area (Å²) >= 11 is 0. The van der Waals surface area contributed by atoms with Gasteiger partial charge in [0.1, 0.15) is 5.75 Å². The molecule has 0 radical (unpaired) electrons. The second kappa shape index (κ2) is 5.96. The summed E-state index contributed by atoms with van der Waals surface area (Å²) in [6.45, 7) is 6.67. The third-order valence-corrected chi connectivity index (χ3v) is 3.00. The van der Waals surface area contributed by atoms with Crippen LogP contribution < -0.4 is 15.8 Å². The minimum absolute atomic E-state index is 0.130. The summed E-state index contributed by atoms with van der Waals surface area (Å²) in [5.41, 5.74) is 7.61. The van der Waals surface area contributed by atoms with Crippen LogP contribution in [0.5, 0.6) is 5.75 Å². The van der Waals surface area contributed by atoms with Crippen molar-refractivity contribution in [2.24, 2.45) is 5.92 Å². The van der Waals surface area contributed by atoms with E-state index in [9.17, 15) is 0 Å². The highest BCUT2D eigenvalue weighted by Gasteiger charge is 2.15. The van der Waals surface area contributed by atoms with Crippen molar-refractivity contribution in [2.45, 2.75) is 26.4 Å². The number of anilines is 2. The normalized spacial score (nSPS) is 19.2. The van der Waals surface area contributed by atoms with Crippen LogP contribution in [0.25, 0.3) is 0 Å². The smallest absolute Gasteiger partial charge is 0.144 e. The molecule has 3 N–H and O–H groups in total. The standard InChI is InChI=1S/C14H22N2O2/c1-10(2)18-14-7-12(3-4-13(14)15)16-8-11-5-6-17-9-11/h3-4,7,10-11,16H,5-6,8-9,15H2,1-2H3. The predicted molar refractivity (Wildman–Crippen MR) is 74.0 cm³/mol. The van der Waals surface area contributed by atoms with E-state index in [4.69, 9.17) is 15.2 Å². The Labute approximate surface area is 108 Å². The molecule has 18 heavy (non-hydrogen) atoms. The van der Waals surface area contributed by atoms with Gasteiger partial charge in [-0.3, -0.25) is 0 Å². The van der Waals surface area contributed by atoms with Crippen LogP contribution in [0.4, 0.5) is 11.4 Å². The molecule has 0 spiro atoms. The molecule has 2 rings (SSSR count). The molecule has 1 aliphatic heterocycles. The molecule has 4 nitrogen and oxygen atoms in total. The lowest BCUT2D eigenvalue weighted by Gasteiger charge is -2.15. The average Bonchev–Trinajstić information content (AvgIpc) is 2.82. The maximum atomic E-state index is 5.88. The second-order valence-corrected chi connectivity index (χ2v) is 5.03. The van der Waals surface area contributed by atoms with Crippen LogP contribution in [0.1, 0.15) is 20.3 Å². The van der Waals surface area contributed by atoms with E-state index in [-0.39, 0.29) is 6.10 Å². The van der Waals surface area contributed by atoms with Gasteiger partial charge in [-0.15, -0.1) is 0 Å². The first-order valence-corrected chi connectivity index (χ1v) is 6.53. The summed E-state index contributed by atoms with van der Waals surface area (Å²) in [6.07, 6.45) is 1.27. The fourth-order valence-corrected chi connectivity index (χ4v) is 2.01. The van der Waals surface area contributed by atoms with Crippen molar-refractivity contribution in [3.05, 3.63) is 18.2 Å². The fraction of sp³-hybridized carbons (Fsp3) is 0.571. The van der Waals surface area contributed by atoms with Gasteiger partial charge < -0.3 is 20.5 Å². The van der Waals surface area contributed by atoms with Gasteiger partial charge in [-0.2, -0.15) is 0 Å². The molecule has 0 bridgehead atoms. The predicted octanol–water partition coefficient (Wildman–Crippen LogP) is 2.50. The fourth-order valence-electron chi connectivity index (χ4n) is 2.01. The zero-order valence-corrected chi connectivity index (χ0v) is 11.1. The van der Waals surface area contributed by atoms with E-state index in [0.29, 0.717) is 11.6 Å². The Bertz CT molecular complexity index is 387. The first-order valence-electron chi connectivity index (χ1n) is 6.53. The van der Waals surface area contributed by atoms with Crippen molar-refractivity contribution in [2.75, 3.05) is 30.8 Å². The van der Waals surface area contributed by atoms with Crippen LogP contribution in [-0.2, 0) is 4.74 Å². The molecular formula is C14H22N2O2. The summed E-state index contributed by atoms with van der Waals surface area (Å²) in [4.78, 5) is 0. The van der Waals surface area contributed by atoms with E-state index >= 15 is 0 Å². The molecular weight excluding hydrogens is 228 g/mol. The Hall–Kier alpha value is -1.42. The average molecular weight is 250 g/mol. The number of ether oxygens (including phenoxy) is 2. The first-order chi connectivity index (χ1) is 8.65. The van der Waals surface area contributed by atoms with Crippen LogP contribution in [0, 0.1) is 5.92 Å². The molecule has 0 amide bonds. The lowest BCUT2D eigenvalue weighted by atomic mass is 10.1. The minimum atomic E-state index is 0.130. The number of nitrogen functional groups attached to an aromatic ring is 1. The van der Waals surface area contributed by atoms with Crippen molar-refractivity contribution in [3.63, 3.8) is 0 Å². The number of hydrogen-bond donors (Lipinski definition) is 2. The third kappa shape index (κ3) is 3.53. The third-order valence-electron chi connectivity index (χ3n) is 3.00. The molecule has 1 heterocycles. The van der Waals surface area contributed by atoms with Crippen LogP contribution in [0.2, 0.25) is 0 Å². The molecule has 1 fully saturated rings. The molecule has 1 aliphatic rings. The SMILES string of the molecule is CC(C)Oc1cc(NCC2CCOC2)ccc1N. The monoisotopic (exact) mass is 250 g/mol. The van der Waals surface area contributed by atoms with E-state index in [0.717, 1.165) is 37.6 Å². The second-order valence-electron chi connectivity index (χ2n) is 5.03. The van der Waals surface area contributed by atoms with Gasteiger partial charge in [0, 0.05) is 30.8 Å². The lowest BCUT2D eigenvalue weighted by molar-refractivity contribution is 0.187. The molecule has 1 aromatic rings. The summed E-state index contributed by atoms with van der Waals surface area (Å²) in [6, 6.07) is 5.83. The van der Waals surface area contributed by atoms with E-state index in [2.05, 4.69) is 5.32 Å². The molecule has 0 aromatic heterocycles. The zero-order chi connectivity index (χ0) is 13.0. The van der Waals surface area contributed by atoms with Gasteiger partial charge in [0.25, 0.3) is 0 Å². The van der Waals surface area contributed by atoms with Crippen molar-refractivity contribution in [1.82, 2.24) is 0 Å². The topological polar surface area (TPSA) is 56.5 Å². The number of rotatable bonds is 5. The molecule has 100 valence electrons. The molecule has 0 saturated carbocycles. The molecule has 1 aromatic carbocycles. The Balaban J connectivity index is 1.95. The van der Waals surface area contributed by atoms with Crippen LogP contribution in [-0.4, -0.2) is 25.9 Å². The number of hydrogen-bond acceptors (Lipinski definition) is 4. The Kier molecular flexibility index (Phi) is 4.31. The Morgan fingerprint density at radius 2 is 2.33 bits per heavy atom. The Morgan fingerprint density at radius 1 is 1.50 bits per heavy atom. The van der Waals surface area contributed by atoms with Crippen molar-refractivity contribution in [3.8, 4) is 5.75 Å². The van der Waals surface area contributed by atoms with Crippen LogP contribution in [0.3, 0.4) is 0 Å². The summed E-state index contributed by atoms with van der Waals surface area (Å²) in [5.74, 6) is 1.36. The summed E-state index contributed by atoms with van der Waals surface area (Å²) in [7, 11) is 0. The first kappa shape index (κ1) is 13.0. The number of benzene rings is 1. The van der Waals surface area contributed by atoms with E-state index < -0.39 is 0 Å². The zero-order valence-electron chi connectivity index (χ0n) is 11.1. The highest BCUT2D eigenvalue weighted by Crippen LogP contribution is 2.27. The lowest BCUT2D eigenvalue weighted by Crippen LogP contribution is -2.14. The number of nitrogens with two attached hydrogens (primary N) is 1. The maximum absolute atomic E-state index is 5.88. The Morgan fingerprint density at radius 3 is 3.00 bits per heavy atom. The highest BCUT2D eigenvalue weighted by molar-refractivity contribution is 5.61. The van der Waals surface area contributed by atoms with Crippen molar-refractivity contribution < 1.29 is 9.47 Å². The van der Waals surface area contributed by atoms with Gasteiger partial charge in [0.15, 0.2) is 0 Å². The largest absolute Gasteiger partial charge is 0.489 e. The summed E-state index contributed by atoms with van der Waals surface area (Å²) < 4.78 is 11.0. The molecule has 1 unspecified atom stereocenters. The number of nitrogens with one attached hydrogen (secondary N) is 1. The van der Waals surface area contributed by atoms with Crippen molar-refractivity contribution in [1.29, 1.82) is 0 Å². The van der Waals surface area contributed by atoms with E-state index in [1.165, 1.54) is 0 Å². The minimum Gasteiger partial charge on any atom is -0.489 e.